The summed E-state index contributed by atoms with van der Waals surface area (Å²) >= 11 is 9.25. The summed E-state index contributed by atoms with van der Waals surface area (Å²) in [5.41, 5.74) is 10.3. The average Bonchev–Trinajstić information content (AvgIpc) is 2.94. The van der Waals surface area contributed by atoms with Crippen molar-refractivity contribution in [2.75, 3.05) is 0 Å². The van der Waals surface area contributed by atoms with E-state index in [2.05, 4.69) is 243 Å². The zero-order valence-corrected chi connectivity index (χ0v) is 61.8. The Labute approximate surface area is 446 Å². The van der Waals surface area contributed by atoms with Crippen molar-refractivity contribution in [2.45, 2.75) is 210 Å². The molecule has 0 spiro atoms. The van der Waals surface area contributed by atoms with Gasteiger partial charge in [-0.15, -0.1) is 0 Å². The molecule has 0 heterocycles. The van der Waals surface area contributed by atoms with Crippen LogP contribution in [0.4, 0.5) is 5.69 Å². The summed E-state index contributed by atoms with van der Waals surface area (Å²) in [5, 5.41) is 2.32. The Hall–Kier alpha value is 0.644. The summed E-state index contributed by atoms with van der Waals surface area (Å²) in [6.45, 7) is 69.2. The van der Waals surface area contributed by atoms with Gasteiger partial charge >= 0.3 is 27.3 Å². The van der Waals surface area contributed by atoms with Crippen LogP contribution in [0.15, 0.2) is 59.6 Å². The minimum atomic E-state index is -1.39. The van der Waals surface area contributed by atoms with Crippen LogP contribution in [0, 0.1) is 12.1 Å². The molecule has 1 nitrogen and oxygen atoms in total. The van der Waals surface area contributed by atoms with Gasteiger partial charge in [-0.05, 0) is 85.7 Å². The Morgan fingerprint density at radius 2 is 0.738 bits per heavy atom. The van der Waals surface area contributed by atoms with E-state index in [9.17, 15) is 0 Å². The van der Waals surface area contributed by atoms with Gasteiger partial charge in [-0.2, -0.15) is 0 Å². The molecule has 65 heavy (non-hydrogen) atoms. The van der Waals surface area contributed by atoms with Crippen LogP contribution in [0.2, 0.25) is 177 Å². The van der Waals surface area contributed by atoms with Crippen LogP contribution in [0.1, 0.15) is 48.9 Å². The molecule has 3 aromatic carbocycles. The van der Waals surface area contributed by atoms with Crippen molar-refractivity contribution >= 4 is 135 Å². The first-order valence-electron chi connectivity index (χ1n) is 24.3. The Morgan fingerprint density at radius 3 is 1.00 bits per heavy atom. The first-order chi connectivity index (χ1) is 28.2. The fourth-order valence-electron chi connectivity index (χ4n) is 11.3. The van der Waals surface area contributed by atoms with Crippen molar-refractivity contribution in [2.24, 2.45) is 4.99 Å². The molecule has 0 saturated carbocycles. The summed E-state index contributed by atoms with van der Waals surface area (Å²) in [7, 11) is -11.5. The maximum Gasteiger partial charge on any atom is 2.00 e. The van der Waals surface area contributed by atoms with Crippen molar-refractivity contribution < 1.29 is 0 Å². The number of para-hydroxylation sites is 1. The summed E-state index contributed by atoms with van der Waals surface area (Å²) in [6, 6.07) is 31.6. The van der Waals surface area contributed by atoms with E-state index in [1.165, 1.54) is 29.3 Å². The third-order valence-corrected chi connectivity index (χ3v) is 43.7. The number of nitrogens with zero attached hydrogens (tertiary/aromatic N) is 1. The van der Waals surface area contributed by atoms with E-state index in [-0.39, 0.29) is 31.7 Å². The van der Waals surface area contributed by atoms with E-state index in [4.69, 9.17) is 0 Å². The molecule has 0 aliphatic carbocycles. The monoisotopic (exact) mass is 1260 g/mol. The fourth-order valence-corrected chi connectivity index (χ4v) is 53.5. The van der Waals surface area contributed by atoms with Crippen molar-refractivity contribution in [1.82, 2.24) is 0 Å². The summed E-state index contributed by atoms with van der Waals surface area (Å²) in [4.78, 5) is 3.91. The molecule has 3 rings (SSSR count). The van der Waals surface area contributed by atoms with E-state index in [0.717, 1.165) is 21.2 Å². The van der Waals surface area contributed by atoms with Gasteiger partial charge in [0.05, 0.1) is 5.69 Å². The van der Waals surface area contributed by atoms with E-state index in [1.54, 1.807) is 22.3 Å². The molecule has 364 valence electrons. The van der Waals surface area contributed by atoms with E-state index in [0.29, 0.717) is 0 Å². The molecule has 4 radical (unpaired) electrons. The van der Waals surface area contributed by atoms with Crippen molar-refractivity contribution in [3.05, 3.63) is 100 Å². The van der Waals surface area contributed by atoms with Gasteiger partial charge in [0.1, 0.15) is 0 Å². The first kappa shape index (κ1) is 65.6. The van der Waals surface area contributed by atoms with Crippen molar-refractivity contribution in [3.8, 4) is 0 Å². The SMILES string of the molecule is C[Si](C)(C)C(c1[c]c(C([Si](C)(C)C)[Si](C)(C)C)cc(C([Si](C)(C)C)[Si](C)(C)C)c1)[Si](C)(C)C.C[Si](C)(C)Cc1[c]c(C[Si](C)(C)C)cc(C[Si](C)(C)C)c1.[Pb+2].[S-]C([S-])=Nc1ccccc1. The molecule has 0 aromatic heterocycles. The second-order valence-electron chi connectivity index (χ2n) is 29.3. The summed E-state index contributed by atoms with van der Waals surface area (Å²) in [5.74, 6) is 0. The third-order valence-electron chi connectivity index (χ3n) is 11.3. The average molecular weight is 1260 g/mol. The van der Waals surface area contributed by atoms with Crippen molar-refractivity contribution in [1.29, 1.82) is 0 Å². The van der Waals surface area contributed by atoms with Crippen LogP contribution in [-0.4, -0.2) is 104 Å². The van der Waals surface area contributed by atoms with Gasteiger partial charge in [0.15, 0.2) is 0 Å². The predicted octanol–water partition coefficient (Wildman–Crippen LogP) is 17.1. The normalized spacial score (nSPS) is 13.4. The first-order valence-corrected chi connectivity index (χ1v) is 57.7. The van der Waals surface area contributed by atoms with Crippen LogP contribution >= 0.6 is 0 Å². The molecular formula is C52H99NPbS2Si9. The standard InChI is InChI=1S/C27H59Si6.C18H35Si3.C7H7NS2.Pb/c1-28(2,3)25(29(4,5)6)22-19-23(26(30(7,8)9)31(10,11)12)21-24(20-22)27(32(13,14)15)33(16,17)18;1-19(2,3)13-16-10-17(14-20(4,5)6)12-18(11-16)15-21(7,8)9;9-7(10)8-6-4-2-1-3-5-6;/h19-20,25-27H,1-18H3;10-11H,13-15H2,1-9H3;1-5H,(H2,8,9,10);/q;;;+2/p-2. The van der Waals surface area contributed by atoms with Gasteiger partial charge in [0.2, 0.25) is 0 Å². The molecule has 0 saturated heterocycles. The van der Waals surface area contributed by atoms with Gasteiger partial charge < -0.3 is 30.2 Å². The van der Waals surface area contributed by atoms with Crippen LogP contribution in [0.25, 0.3) is 0 Å². The molecule has 0 unspecified atom stereocenters. The second-order valence-corrected chi connectivity index (χ2v) is 80.3. The van der Waals surface area contributed by atoms with Gasteiger partial charge in [0.25, 0.3) is 0 Å². The van der Waals surface area contributed by atoms with Gasteiger partial charge in [-0.25, -0.2) is 4.38 Å². The second kappa shape index (κ2) is 24.9. The zero-order chi connectivity index (χ0) is 50.5. The molecule has 0 N–H and O–H groups in total. The molecule has 0 amide bonds. The van der Waals surface area contributed by atoms with Crippen molar-refractivity contribution in [3.63, 3.8) is 0 Å². The predicted molar refractivity (Wildman–Crippen MR) is 334 cm³/mol. The van der Waals surface area contributed by atoms with Crippen LogP contribution in [0.3, 0.4) is 0 Å². The third kappa shape index (κ3) is 25.5. The van der Waals surface area contributed by atoms with Crippen LogP contribution in [0.5, 0.6) is 0 Å². The topological polar surface area (TPSA) is 12.4 Å². The molecule has 0 fully saturated rings. The fraction of sp³-hybridized carbons (Fsp3) is 0.635. The number of hydrogen-bond donors (Lipinski definition) is 0. The molecule has 0 atom stereocenters. The molecule has 3 aromatic rings. The van der Waals surface area contributed by atoms with Gasteiger partial charge in [0, 0.05) is 72.7 Å². The number of aliphatic imine (C=N–C) groups is 1. The molecular weight excluding hydrogens is 1160 g/mol. The largest absolute Gasteiger partial charge is 2.00 e. The smallest absolute Gasteiger partial charge is 0.788 e. The summed E-state index contributed by atoms with van der Waals surface area (Å²) < 4.78 is 0.256. The van der Waals surface area contributed by atoms with Gasteiger partial charge in [-0.3, -0.25) is 0 Å². The van der Waals surface area contributed by atoms with Crippen LogP contribution in [-0.2, 0) is 43.4 Å². The Bertz CT molecular complexity index is 1690. The Morgan fingerprint density at radius 1 is 0.431 bits per heavy atom. The Balaban J connectivity index is 0.00000108. The van der Waals surface area contributed by atoms with E-state index >= 15 is 0 Å². The maximum absolute atomic E-state index is 4.63. The molecule has 0 bridgehead atoms. The number of benzene rings is 3. The molecule has 0 aliphatic heterocycles. The minimum Gasteiger partial charge on any atom is -0.788 e. The van der Waals surface area contributed by atoms with Crippen LogP contribution < -0.4 is 0 Å². The zero-order valence-electron chi connectivity index (χ0n) is 47.3. The Kier molecular flexibility index (Phi) is 25.1. The maximum atomic E-state index is 4.63. The number of rotatable bonds is 16. The summed E-state index contributed by atoms with van der Waals surface area (Å²) in [6.07, 6.45) is 0. The molecule has 0 aliphatic rings. The quantitative estimate of drug-likeness (QED) is 0.0613. The van der Waals surface area contributed by atoms with E-state index < -0.39 is 72.7 Å². The van der Waals surface area contributed by atoms with E-state index in [1.807, 2.05) is 30.3 Å². The minimum absolute atomic E-state index is 0. The van der Waals surface area contributed by atoms with Gasteiger partial charge in [-0.1, -0.05) is 225 Å². The molecule has 13 heteroatoms. The number of hydrogen-bond acceptors (Lipinski definition) is 3.